The molecule has 1 aliphatic heterocycles. The summed E-state index contributed by atoms with van der Waals surface area (Å²) in [6, 6.07) is 12.6. The van der Waals surface area contributed by atoms with Gasteiger partial charge in [-0.1, -0.05) is 36.3 Å². The third kappa shape index (κ3) is 5.74. The van der Waals surface area contributed by atoms with Crippen molar-refractivity contribution in [3.63, 3.8) is 0 Å². The first-order valence-electron chi connectivity index (χ1n) is 10.4. The minimum absolute atomic E-state index is 0.0644. The Labute approximate surface area is 197 Å². The van der Waals surface area contributed by atoms with Gasteiger partial charge in [-0.3, -0.25) is 10.0 Å². The Balaban J connectivity index is 1.90. The maximum absolute atomic E-state index is 13.4. The number of sulfonamides is 1. The maximum Gasteiger partial charge on any atom is 0.264 e. The molecule has 4 N–H and O–H groups in total. The van der Waals surface area contributed by atoms with Gasteiger partial charge in [0.25, 0.3) is 5.91 Å². The summed E-state index contributed by atoms with van der Waals surface area (Å²) in [7, 11) is -4.35. The van der Waals surface area contributed by atoms with Gasteiger partial charge >= 0.3 is 0 Å². The summed E-state index contributed by atoms with van der Waals surface area (Å²) in [5.74, 6) is 4.69. The Morgan fingerprint density at radius 3 is 2.44 bits per heavy atom. The molecule has 1 fully saturated rings. The number of nitrogens with one attached hydrogen (secondary N) is 1. The molecule has 4 atom stereocenters. The van der Waals surface area contributed by atoms with E-state index in [4.69, 9.17) is 9.47 Å². The Morgan fingerprint density at radius 2 is 1.82 bits per heavy atom. The summed E-state index contributed by atoms with van der Waals surface area (Å²) < 4.78 is 38.6. The van der Waals surface area contributed by atoms with Crippen LogP contribution in [-0.4, -0.2) is 71.6 Å². The molecule has 0 radical (unpaired) electrons. The minimum atomic E-state index is -4.35. The second-order valence-electron chi connectivity index (χ2n) is 7.50. The summed E-state index contributed by atoms with van der Waals surface area (Å²) in [5, 5.41) is 30.2. The van der Waals surface area contributed by atoms with Gasteiger partial charge in [-0.15, -0.1) is 5.92 Å². The van der Waals surface area contributed by atoms with Crippen molar-refractivity contribution in [2.45, 2.75) is 42.8 Å². The van der Waals surface area contributed by atoms with Crippen LogP contribution in [-0.2, 0) is 26.2 Å². The predicted molar refractivity (Wildman–Crippen MR) is 120 cm³/mol. The lowest BCUT2D eigenvalue weighted by Crippen LogP contribution is -2.67. The van der Waals surface area contributed by atoms with Crippen molar-refractivity contribution in [2.75, 3.05) is 13.2 Å². The van der Waals surface area contributed by atoms with Crippen LogP contribution in [0.25, 0.3) is 0 Å². The van der Waals surface area contributed by atoms with E-state index < -0.39 is 46.8 Å². The number of piperidine rings is 1. The summed E-state index contributed by atoms with van der Waals surface area (Å²) in [6.07, 6.45) is -4.57. The molecule has 182 valence electrons. The molecule has 1 heterocycles. The van der Waals surface area contributed by atoms with Crippen molar-refractivity contribution >= 4 is 15.9 Å². The highest BCUT2D eigenvalue weighted by Gasteiger charge is 2.51. The highest BCUT2D eigenvalue weighted by molar-refractivity contribution is 7.89. The number of aliphatic hydroxyl groups is 2. The van der Waals surface area contributed by atoms with Gasteiger partial charge < -0.3 is 19.7 Å². The average molecular weight is 491 g/mol. The molecule has 2 aromatic rings. The molecule has 1 aliphatic rings. The van der Waals surface area contributed by atoms with E-state index in [2.05, 4.69) is 11.8 Å². The number of carbonyl (C=O) groups excluding carboxylic acids is 1. The van der Waals surface area contributed by atoms with Crippen molar-refractivity contribution < 1.29 is 38.1 Å². The standard InChI is InChI=1S/C23H26N2O8S/c1-2-3-13-32-17-9-11-18(12-10-17)34(30,31)25-14-19(26)21(27)22(20(25)23(28)24-29)33-15-16-7-5-4-6-8-16/h4-12,19-22,26-27,29H,13-15H2,1H3,(H,24,28)/t19-,20+,21-,22-/m0/s1. The highest BCUT2D eigenvalue weighted by atomic mass is 32.2. The second-order valence-corrected chi connectivity index (χ2v) is 9.39. The molecule has 0 bridgehead atoms. The molecule has 11 heteroatoms. The Kier molecular flexibility index (Phi) is 8.62. The van der Waals surface area contributed by atoms with Crippen LogP contribution in [0.3, 0.4) is 0 Å². The van der Waals surface area contributed by atoms with Crippen molar-refractivity contribution in [1.82, 2.24) is 9.79 Å². The zero-order valence-corrected chi connectivity index (χ0v) is 19.2. The lowest BCUT2D eigenvalue weighted by molar-refractivity contribution is -0.167. The number of ether oxygens (including phenoxy) is 2. The molecule has 0 unspecified atom stereocenters. The summed E-state index contributed by atoms with van der Waals surface area (Å²) in [6.45, 7) is 1.15. The lowest BCUT2D eigenvalue weighted by atomic mass is 9.95. The number of hydrogen-bond acceptors (Lipinski definition) is 8. The maximum atomic E-state index is 13.4. The molecule has 0 aromatic heterocycles. The number of amides is 1. The molecule has 0 saturated carbocycles. The molecular weight excluding hydrogens is 464 g/mol. The van der Waals surface area contributed by atoms with Gasteiger partial charge in [0.05, 0.1) is 17.6 Å². The summed E-state index contributed by atoms with van der Waals surface area (Å²) >= 11 is 0. The first-order chi connectivity index (χ1) is 16.3. The van der Waals surface area contributed by atoms with Crippen LogP contribution >= 0.6 is 0 Å². The molecular formula is C23H26N2O8S. The van der Waals surface area contributed by atoms with Crippen LogP contribution in [0, 0.1) is 11.8 Å². The van der Waals surface area contributed by atoms with E-state index in [0.29, 0.717) is 15.6 Å². The molecule has 0 spiro atoms. The van der Waals surface area contributed by atoms with Crippen LogP contribution in [0.4, 0.5) is 0 Å². The number of carbonyl (C=O) groups is 1. The Hall–Kier alpha value is -2.98. The summed E-state index contributed by atoms with van der Waals surface area (Å²) in [4.78, 5) is 12.4. The van der Waals surface area contributed by atoms with Crippen LogP contribution in [0.2, 0.25) is 0 Å². The van der Waals surface area contributed by atoms with Crippen LogP contribution < -0.4 is 10.2 Å². The minimum Gasteiger partial charge on any atom is -0.481 e. The monoisotopic (exact) mass is 490 g/mol. The number of aliphatic hydroxyl groups excluding tert-OH is 2. The SMILES string of the molecule is CC#CCOc1ccc(S(=O)(=O)N2C[C@H](O)[C@H](O)[C@@H](OCc3ccccc3)[C@@H]2C(=O)NO)cc1. The molecule has 3 rings (SSSR count). The zero-order chi connectivity index (χ0) is 24.7. The average Bonchev–Trinajstić information content (AvgIpc) is 2.85. The molecule has 1 saturated heterocycles. The molecule has 1 amide bonds. The molecule has 34 heavy (non-hydrogen) atoms. The second kappa shape index (κ2) is 11.4. The summed E-state index contributed by atoms with van der Waals surface area (Å²) in [5.41, 5.74) is 2.14. The van der Waals surface area contributed by atoms with E-state index in [-0.39, 0.29) is 18.1 Å². The topological polar surface area (TPSA) is 146 Å². The predicted octanol–water partition coefficient (Wildman–Crippen LogP) is 0.274. The number of rotatable bonds is 8. The van der Waals surface area contributed by atoms with Gasteiger partial charge in [-0.05, 0) is 36.8 Å². The first kappa shape index (κ1) is 25.6. The number of hydrogen-bond donors (Lipinski definition) is 4. The Bertz CT molecular complexity index is 1130. The van der Waals surface area contributed by atoms with Crippen LogP contribution in [0.1, 0.15) is 12.5 Å². The fourth-order valence-corrected chi connectivity index (χ4v) is 5.18. The van der Waals surface area contributed by atoms with Crippen molar-refractivity contribution in [2.24, 2.45) is 0 Å². The number of β-amino-alcohol motifs (C(OH)–C–C–N with tert-alkyl or cyclic N) is 1. The van der Waals surface area contributed by atoms with E-state index in [1.54, 1.807) is 37.3 Å². The first-order valence-corrected chi connectivity index (χ1v) is 11.8. The van der Waals surface area contributed by atoms with Gasteiger partial charge in [0.1, 0.15) is 30.6 Å². The fourth-order valence-electron chi connectivity index (χ4n) is 3.56. The molecule has 10 nitrogen and oxygen atoms in total. The number of benzene rings is 2. The van der Waals surface area contributed by atoms with Crippen molar-refractivity contribution in [3.05, 3.63) is 60.2 Å². The van der Waals surface area contributed by atoms with Crippen molar-refractivity contribution in [3.8, 4) is 17.6 Å². The van der Waals surface area contributed by atoms with Gasteiger partial charge in [0.2, 0.25) is 10.0 Å². The molecule has 0 aliphatic carbocycles. The van der Waals surface area contributed by atoms with Crippen LogP contribution in [0.15, 0.2) is 59.5 Å². The number of hydroxylamine groups is 1. The van der Waals surface area contributed by atoms with Crippen LogP contribution in [0.5, 0.6) is 5.75 Å². The zero-order valence-electron chi connectivity index (χ0n) is 18.4. The highest BCUT2D eigenvalue weighted by Crippen LogP contribution is 2.29. The molecule has 2 aromatic carbocycles. The van der Waals surface area contributed by atoms with E-state index in [9.17, 15) is 28.6 Å². The van der Waals surface area contributed by atoms with Gasteiger partial charge in [-0.25, -0.2) is 13.9 Å². The Morgan fingerprint density at radius 1 is 1.15 bits per heavy atom. The van der Waals surface area contributed by atoms with Gasteiger partial charge in [-0.2, -0.15) is 4.31 Å². The lowest BCUT2D eigenvalue weighted by Gasteiger charge is -2.43. The van der Waals surface area contributed by atoms with E-state index in [1.165, 1.54) is 29.7 Å². The van der Waals surface area contributed by atoms with Gasteiger partial charge in [0.15, 0.2) is 0 Å². The van der Waals surface area contributed by atoms with Gasteiger partial charge in [0, 0.05) is 6.54 Å². The normalized spacial score (nSPS) is 22.9. The van der Waals surface area contributed by atoms with E-state index in [1.807, 2.05) is 0 Å². The smallest absolute Gasteiger partial charge is 0.264 e. The third-order valence-corrected chi connectivity index (χ3v) is 7.16. The van der Waals surface area contributed by atoms with E-state index >= 15 is 0 Å². The number of nitrogens with zero attached hydrogens (tertiary/aromatic N) is 1. The largest absolute Gasteiger partial charge is 0.481 e. The fraction of sp³-hybridized carbons (Fsp3) is 0.348. The van der Waals surface area contributed by atoms with E-state index in [0.717, 1.165) is 0 Å². The quantitative estimate of drug-likeness (QED) is 0.234. The van der Waals surface area contributed by atoms with Crippen molar-refractivity contribution in [1.29, 1.82) is 0 Å². The third-order valence-electron chi connectivity index (χ3n) is 5.30.